The van der Waals surface area contributed by atoms with Crippen molar-refractivity contribution in [3.8, 4) is 0 Å². The lowest BCUT2D eigenvalue weighted by atomic mass is 10.0. The van der Waals surface area contributed by atoms with Crippen molar-refractivity contribution >= 4 is 23.0 Å². The van der Waals surface area contributed by atoms with E-state index in [0.29, 0.717) is 5.69 Å². The van der Waals surface area contributed by atoms with Crippen molar-refractivity contribution in [1.82, 2.24) is 0 Å². The van der Waals surface area contributed by atoms with Crippen LogP contribution in [0.1, 0.15) is 41.3 Å². The molecule has 0 aromatic heterocycles. The quantitative estimate of drug-likeness (QED) is 0.582. The Morgan fingerprint density at radius 1 is 1.08 bits per heavy atom. The van der Waals surface area contributed by atoms with Crippen LogP contribution in [0.4, 0.5) is 17.1 Å². The Morgan fingerprint density at radius 3 is 2.27 bits per heavy atom. The molecule has 0 unspecified atom stereocenters. The Labute approximate surface area is 150 Å². The third-order valence-electron chi connectivity index (χ3n) is 4.05. The smallest absolute Gasteiger partial charge is 0.279 e. The summed E-state index contributed by atoms with van der Waals surface area (Å²) >= 11 is 0. The van der Waals surface area contributed by atoms with E-state index in [-0.39, 0.29) is 11.1 Å². The van der Waals surface area contributed by atoms with Crippen molar-refractivity contribution < 1.29 is 14.6 Å². The first kappa shape index (κ1) is 19.0. The fraction of sp³-hybridized carbons (Fsp3) is 0.278. The predicted molar refractivity (Wildman–Crippen MR) is 97.5 cm³/mol. The maximum Gasteiger partial charge on any atom is 0.279 e. The number of nitrogens with one attached hydrogen (secondary N) is 1. The molecule has 8 heteroatoms. The summed E-state index contributed by atoms with van der Waals surface area (Å²) in [5.41, 5.74) is 0.691. The second-order valence-electron chi connectivity index (χ2n) is 5.91. The number of anilines is 1. The molecule has 2 aromatic carbocycles. The molecule has 2 aromatic rings. The molecular formula is C18H19N3O5. The van der Waals surface area contributed by atoms with Gasteiger partial charge in [0.2, 0.25) is 0 Å². The Bertz CT molecular complexity index is 847. The fourth-order valence-electron chi connectivity index (χ4n) is 2.55. The van der Waals surface area contributed by atoms with E-state index in [1.807, 2.05) is 12.1 Å². The molecule has 0 saturated heterocycles. The van der Waals surface area contributed by atoms with Crippen molar-refractivity contribution in [2.75, 3.05) is 5.32 Å². The van der Waals surface area contributed by atoms with E-state index in [4.69, 9.17) is 0 Å². The summed E-state index contributed by atoms with van der Waals surface area (Å²) in [6.45, 7) is 3.50. The highest BCUT2D eigenvalue weighted by atomic mass is 16.6. The first-order chi connectivity index (χ1) is 12.3. The number of unbranched alkanes of at least 4 members (excludes halogenated alkanes) is 1. The van der Waals surface area contributed by atoms with E-state index < -0.39 is 27.1 Å². The van der Waals surface area contributed by atoms with Crippen LogP contribution in [0.2, 0.25) is 0 Å². The molecule has 0 aliphatic heterocycles. The minimum atomic E-state index is -0.758. The SMILES string of the molecule is CCCCc1ccc(NC(=O)c2cc([N+](=O)[O-])cc([N+](=O)[O-])c2C)cc1. The maximum atomic E-state index is 12.5. The van der Waals surface area contributed by atoms with Gasteiger partial charge in [0, 0.05) is 17.3 Å². The number of non-ortho nitro benzene ring substituents is 1. The number of rotatable bonds is 7. The van der Waals surface area contributed by atoms with Crippen molar-refractivity contribution in [2.45, 2.75) is 33.1 Å². The van der Waals surface area contributed by atoms with Crippen LogP contribution in [0.15, 0.2) is 36.4 Å². The Kier molecular flexibility index (Phi) is 6.00. The van der Waals surface area contributed by atoms with Crippen LogP contribution in [0.3, 0.4) is 0 Å². The van der Waals surface area contributed by atoms with Gasteiger partial charge in [-0.2, -0.15) is 0 Å². The number of carbonyl (C=O) groups excluding carboxylic acids is 1. The zero-order valence-electron chi connectivity index (χ0n) is 14.5. The molecule has 26 heavy (non-hydrogen) atoms. The molecule has 136 valence electrons. The third-order valence-corrected chi connectivity index (χ3v) is 4.05. The van der Waals surface area contributed by atoms with Crippen molar-refractivity contribution in [1.29, 1.82) is 0 Å². The second kappa shape index (κ2) is 8.19. The number of hydrogen-bond donors (Lipinski definition) is 1. The zero-order chi connectivity index (χ0) is 19.3. The molecule has 1 N–H and O–H groups in total. The molecule has 0 spiro atoms. The topological polar surface area (TPSA) is 115 Å². The normalized spacial score (nSPS) is 10.4. The lowest BCUT2D eigenvalue weighted by Crippen LogP contribution is -2.14. The Morgan fingerprint density at radius 2 is 1.73 bits per heavy atom. The van der Waals surface area contributed by atoms with Gasteiger partial charge in [0.05, 0.1) is 21.5 Å². The molecule has 0 aliphatic rings. The summed E-state index contributed by atoms with van der Waals surface area (Å²) in [5.74, 6) is -0.629. The highest BCUT2D eigenvalue weighted by molar-refractivity contribution is 6.06. The highest BCUT2D eigenvalue weighted by Gasteiger charge is 2.24. The lowest BCUT2D eigenvalue weighted by Gasteiger charge is -2.09. The molecule has 1 amide bonds. The van der Waals surface area contributed by atoms with Gasteiger partial charge in [-0.25, -0.2) is 0 Å². The van der Waals surface area contributed by atoms with Crippen molar-refractivity contribution in [3.05, 3.63) is 73.3 Å². The number of benzene rings is 2. The molecule has 0 aliphatic carbocycles. The Hall–Kier alpha value is -3.29. The van der Waals surface area contributed by atoms with Gasteiger partial charge >= 0.3 is 0 Å². The number of amides is 1. The average molecular weight is 357 g/mol. The number of hydrogen-bond acceptors (Lipinski definition) is 5. The summed E-state index contributed by atoms with van der Waals surface area (Å²) in [6, 6.07) is 9.18. The van der Waals surface area contributed by atoms with Crippen LogP contribution >= 0.6 is 0 Å². The number of nitro benzene ring substituents is 2. The Balaban J connectivity index is 2.28. The molecule has 0 bridgehead atoms. The van der Waals surface area contributed by atoms with Gasteiger partial charge in [-0.1, -0.05) is 25.5 Å². The largest absolute Gasteiger partial charge is 0.322 e. The van der Waals surface area contributed by atoms with Crippen LogP contribution in [-0.4, -0.2) is 15.8 Å². The van der Waals surface area contributed by atoms with Gasteiger partial charge in [-0.3, -0.25) is 25.0 Å². The van der Waals surface area contributed by atoms with Crippen molar-refractivity contribution in [2.24, 2.45) is 0 Å². The van der Waals surface area contributed by atoms with Crippen LogP contribution < -0.4 is 5.32 Å². The molecule has 0 fully saturated rings. The standard InChI is InChI=1S/C18H19N3O5/c1-3-4-5-13-6-8-14(9-7-13)19-18(22)16-10-15(20(23)24)11-17(12(16)2)21(25)26/h6-11H,3-5H2,1-2H3,(H,19,22). The van der Waals surface area contributed by atoms with Crippen molar-refractivity contribution in [3.63, 3.8) is 0 Å². The van der Waals surface area contributed by atoms with Crippen LogP contribution in [0.25, 0.3) is 0 Å². The molecule has 0 heterocycles. The maximum absolute atomic E-state index is 12.5. The molecule has 8 nitrogen and oxygen atoms in total. The van der Waals surface area contributed by atoms with Crippen LogP contribution in [-0.2, 0) is 6.42 Å². The number of carbonyl (C=O) groups is 1. The highest BCUT2D eigenvalue weighted by Crippen LogP contribution is 2.28. The van der Waals surface area contributed by atoms with Gasteiger partial charge < -0.3 is 5.32 Å². The van der Waals surface area contributed by atoms with E-state index >= 15 is 0 Å². The summed E-state index contributed by atoms with van der Waals surface area (Å²) in [5, 5.41) is 24.7. The van der Waals surface area contributed by atoms with E-state index in [0.717, 1.165) is 37.0 Å². The molecule has 2 rings (SSSR count). The summed E-state index contributed by atoms with van der Waals surface area (Å²) in [7, 11) is 0. The minimum Gasteiger partial charge on any atom is -0.322 e. The van der Waals surface area contributed by atoms with E-state index in [9.17, 15) is 25.0 Å². The number of nitrogens with zero attached hydrogens (tertiary/aromatic N) is 2. The van der Waals surface area contributed by atoms with Gasteiger partial charge in [0.1, 0.15) is 0 Å². The minimum absolute atomic E-state index is 0.0812. The first-order valence-electron chi connectivity index (χ1n) is 8.17. The van der Waals surface area contributed by atoms with E-state index in [1.165, 1.54) is 6.92 Å². The molecular weight excluding hydrogens is 338 g/mol. The van der Waals surface area contributed by atoms with E-state index in [2.05, 4.69) is 12.2 Å². The van der Waals surface area contributed by atoms with Gasteiger partial charge in [0.25, 0.3) is 17.3 Å². The predicted octanol–water partition coefficient (Wildman–Crippen LogP) is 4.41. The van der Waals surface area contributed by atoms with Gasteiger partial charge in [-0.15, -0.1) is 0 Å². The molecule has 0 atom stereocenters. The summed E-state index contributed by atoms with van der Waals surface area (Å²) in [4.78, 5) is 33.1. The second-order valence-corrected chi connectivity index (χ2v) is 5.91. The third kappa shape index (κ3) is 4.41. The summed E-state index contributed by atoms with van der Waals surface area (Å²) < 4.78 is 0. The first-order valence-corrected chi connectivity index (χ1v) is 8.17. The zero-order valence-corrected chi connectivity index (χ0v) is 14.5. The fourth-order valence-corrected chi connectivity index (χ4v) is 2.55. The summed E-state index contributed by atoms with van der Waals surface area (Å²) in [6.07, 6.45) is 3.10. The van der Waals surface area contributed by atoms with Crippen LogP contribution in [0.5, 0.6) is 0 Å². The molecule has 0 radical (unpaired) electrons. The van der Waals surface area contributed by atoms with E-state index in [1.54, 1.807) is 12.1 Å². The average Bonchev–Trinajstić information content (AvgIpc) is 2.60. The number of nitro groups is 2. The van der Waals surface area contributed by atoms with Gasteiger partial charge in [0.15, 0.2) is 0 Å². The van der Waals surface area contributed by atoms with Crippen LogP contribution in [0, 0.1) is 27.2 Å². The molecule has 0 saturated carbocycles. The van der Waals surface area contributed by atoms with Gasteiger partial charge in [-0.05, 0) is 37.5 Å². The lowest BCUT2D eigenvalue weighted by molar-refractivity contribution is -0.394. The monoisotopic (exact) mass is 357 g/mol. The number of aryl methyl sites for hydroxylation is 1.